The number of carbonyl (C=O) groups is 1. The summed E-state index contributed by atoms with van der Waals surface area (Å²) in [5.74, 6) is 0.0595. The first-order chi connectivity index (χ1) is 10.2. The monoisotopic (exact) mass is 303 g/mol. The van der Waals surface area contributed by atoms with Gasteiger partial charge in [-0.15, -0.1) is 11.3 Å². The van der Waals surface area contributed by atoms with E-state index in [1.165, 1.54) is 0 Å². The molecule has 0 bridgehead atoms. The molecule has 0 radical (unpaired) electrons. The number of thiazole rings is 1. The molecule has 112 valence electrons. The van der Waals surface area contributed by atoms with E-state index in [2.05, 4.69) is 10.3 Å². The van der Waals surface area contributed by atoms with Crippen molar-refractivity contribution in [2.24, 2.45) is 5.73 Å². The Bertz CT molecular complexity index is 577. The Morgan fingerprint density at radius 3 is 2.62 bits per heavy atom. The lowest BCUT2D eigenvalue weighted by Crippen LogP contribution is -2.11. The van der Waals surface area contributed by atoms with E-state index in [9.17, 15) is 4.79 Å². The van der Waals surface area contributed by atoms with Gasteiger partial charge in [-0.05, 0) is 38.4 Å². The molecular weight excluding hydrogens is 282 g/mol. The molecule has 0 saturated carbocycles. The van der Waals surface area contributed by atoms with Crippen molar-refractivity contribution in [3.63, 3.8) is 0 Å². The first-order valence-corrected chi connectivity index (χ1v) is 8.09. The van der Waals surface area contributed by atoms with Gasteiger partial charge in [0.25, 0.3) is 0 Å². The number of aryl methyl sites for hydroxylation is 1. The number of amides is 1. The Hall–Kier alpha value is -1.72. The van der Waals surface area contributed by atoms with Gasteiger partial charge in [0.1, 0.15) is 0 Å². The topological polar surface area (TPSA) is 68.0 Å². The van der Waals surface area contributed by atoms with Gasteiger partial charge in [0, 0.05) is 23.1 Å². The minimum Gasteiger partial charge on any atom is -0.330 e. The van der Waals surface area contributed by atoms with E-state index in [-0.39, 0.29) is 5.91 Å². The first-order valence-electron chi connectivity index (χ1n) is 7.21. The molecule has 5 heteroatoms. The Labute approximate surface area is 129 Å². The van der Waals surface area contributed by atoms with Crippen LogP contribution in [0.4, 0.5) is 5.69 Å². The van der Waals surface area contributed by atoms with E-state index in [0.29, 0.717) is 13.0 Å². The summed E-state index contributed by atoms with van der Waals surface area (Å²) in [7, 11) is 0. The molecule has 0 aliphatic heterocycles. The lowest BCUT2D eigenvalue weighted by Gasteiger charge is -2.06. The van der Waals surface area contributed by atoms with Crippen LogP contribution in [0, 0.1) is 6.92 Å². The van der Waals surface area contributed by atoms with E-state index < -0.39 is 0 Å². The maximum Gasteiger partial charge on any atom is 0.224 e. The third-order valence-corrected chi connectivity index (χ3v) is 3.96. The number of hydrogen-bond acceptors (Lipinski definition) is 4. The number of benzene rings is 1. The number of hydrogen-bond donors (Lipinski definition) is 2. The van der Waals surface area contributed by atoms with Crippen molar-refractivity contribution in [1.29, 1.82) is 0 Å². The molecule has 1 amide bonds. The average molecular weight is 303 g/mol. The van der Waals surface area contributed by atoms with Crippen LogP contribution < -0.4 is 11.1 Å². The number of nitrogens with zero attached hydrogens (tertiary/aromatic N) is 1. The second-order valence-electron chi connectivity index (χ2n) is 4.98. The summed E-state index contributed by atoms with van der Waals surface area (Å²) in [5.41, 5.74) is 8.31. The van der Waals surface area contributed by atoms with Gasteiger partial charge in [-0.25, -0.2) is 4.98 Å². The molecule has 21 heavy (non-hydrogen) atoms. The quantitative estimate of drug-likeness (QED) is 0.768. The van der Waals surface area contributed by atoms with E-state index in [4.69, 9.17) is 5.73 Å². The molecular formula is C16H21N3OS. The standard InChI is InChI=1S/C16H21N3OS/c1-12-18-15(11-21-12)13-6-8-14(9-7-13)19-16(20)5-3-2-4-10-17/h6-9,11H,2-5,10,17H2,1H3,(H,19,20). The molecule has 0 aliphatic carbocycles. The minimum absolute atomic E-state index is 0.0595. The highest BCUT2D eigenvalue weighted by Crippen LogP contribution is 2.23. The normalized spacial score (nSPS) is 10.6. The third-order valence-electron chi connectivity index (χ3n) is 3.19. The lowest BCUT2D eigenvalue weighted by molar-refractivity contribution is -0.116. The Kier molecular flexibility index (Phi) is 5.90. The van der Waals surface area contributed by atoms with Crippen molar-refractivity contribution in [1.82, 2.24) is 4.98 Å². The van der Waals surface area contributed by atoms with Crippen LogP contribution in [0.1, 0.15) is 30.7 Å². The van der Waals surface area contributed by atoms with Gasteiger partial charge in [-0.3, -0.25) is 4.79 Å². The number of aromatic nitrogens is 1. The fourth-order valence-electron chi connectivity index (χ4n) is 2.05. The molecule has 0 spiro atoms. The Morgan fingerprint density at radius 2 is 2.00 bits per heavy atom. The molecule has 0 saturated heterocycles. The highest BCUT2D eigenvalue weighted by atomic mass is 32.1. The van der Waals surface area contributed by atoms with Crippen molar-refractivity contribution in [3.05, 3.63) is 34.7 Å². The molecule has 0 aliphatic rings. The summed E-state index contributed by atoms with van der Waals surface area (Å²) in [6, 6.07) is 7.81. The van der Waals surface area contributed by atoms with Crippen LogP contribution in [0.5, 0.6) is 0 Å². The number of rotatable bonds is 7. The fraction of sp³-hybridized carbons (Fsp3) is 0.375. The van der Waals surface area contributed by atoms with Crippen molar-refractivity contribution in [2.75, 3.05) is 11.9 Å². The van der Waals surface area contributed by atoms with Gasteiger partial charge in [0.05, 0.1) is 10.7 Å². The summed E-state index contributed by atoms with van der Waals surface area (Å²) < 4.78 is 0. The van der Waals surface area contributed by atoms with Gasteiger partial charge in [0.15, 0.2) is 0 Å². The van der Waals surface area contributed by atoms with E-state index >= 15 is 0 Å². The second-order valence-corrected chi connectivity index (χ2v) is 6.04. The molecule has 1 aromatic carbocycles. The molecule has 0 fully saturated rings. The molecule has 2 aromatic rings. The summed E-state index contributed by atoms with van der Waals surface area (Å²) in [6.07, 6.45) is 3.42. The summed E-state index contributed by atoms with van der Waals surface area (Å²) in [5, 5.41) is 6.01. The Morgan fingerprint density at radius 1 is 1.24 bits per heavy atom. The van der Waals surface area contributed by atoms with E-state index in [0.717, 1.165) is 41.2 Å². The van der Waals surface area contributed by atoms with E-state index in [1.807, 2.05) is 36.6 Å². The SMILES string of the molecule is Cc1nc(-c2ccc(NC(=O)CCCCCN)cc2)cs1. The van der Waals surface area contributed by atoms with Crippen LogP contribution in [0.15, 0.2) is 29.6 Å². The van der Waals surface area contributed by atoms with Crippen molar-refractivity contribution < 1.29 is 4.79 Å². The second kappa shape index (κ2) is 7.90. The number of nitrogens with one attached hydrogen (secondary N) is 1. The maximum absolute atomic E-state index is 11.8. The number of unbranched alkanes of at least 4 members (excludes halogenated alkanes) is 2. The third kappa shape index (κ3) is 4.95. The molecule has 0 atom stereocenters. The van der Waals surface area contributed by atoms with Crippen molar-refractivity contribution in [2.45, 2.75) is 32.6 Å². The zero-order chi connectivity index (χ0) is 15.1. The van der Waals surface area contributed by atoms with Gasteiger partial charge in [0.2, 0.25) is 5.91 Å². The number of nitrogens with two attached hydrogens (primary N) is 1. The van der Waals surface area contributed by atoms with Crippen LogP contribution in [0.25, 0.3) is 11.3 Å². The van der Waals surface area contributed by atoms with Gasteiger partial charge < -0.3 is 11.1 Å². The first kappa shape index (κ1) is 15.7. The maximum atomic E-state index is 11.8. The highest BCUT2D eigenvalue weighted by molar-refractivity contribution is 7.09. The van der Waals surface area contributed by atoms with Crippen LogP contribution >= 0.6 is 11.3 Å². The van der Waals surface area contributed by atoms with Crippen LogP contribution in [0.2, 0.25) is 0 Å². The fourth-order valence-corrected chi connectivity index (χ4v) is 2.67. The summed E-state index contributed by atoms with van der Waals surface area (Å²) >= 11 is 1.64. The molecule has 2 rings (SSSR count). The van der Waals surface area contributed by atoms with Gasteiger partial charge in [-0.2, -0.15) is 0 Å². The zero-order valence-electron chi connectivity index (χ0n) is 12.3. The number of carbonyl (C=O) groups excluding carboxylic acids is 1. The van der Waals surface area contributed by atoms with Crippen LogP contribution in [0.3, 0.4) is 0 Å². The highest BCUT2D eigenvalue weighted by Gasteiger charge is 2.04. The largest absolute Gasteiger partial charge is 0.330 e. The predicted octanol–water partition coefficient (Wildman–Crippen LogP) is 3.58. The van der Waals surface area contributed by atoms with Crippen molar-refractivity contribution in [3.8, 4) is 11.3 Å². The smallest absolute Gasteiger partial charge is 0.224 e. The molecule has 1 heterocycles. The average Bonchev–Trinajstić information content (AvgIpc) is 2.91. The molecule has 3 N–H and O–H groups in total. The summed E-state index contributed by atoms with van der Waals surface area (Å²) in [6.45, 7) is 2.69. The number of anilines is 1. The van der Waals surface area contributed by atoms with Crippen molar-refractivity contribution >= 4 is 22.9 Å². The van der Waals surface area contributed by atoms with Gasteiger partial charge in [-0.1, -0.05) is 18.6 Å². The zero-order valence-corrected chi connectivity index (χ0v) is 13.1. The Balaban J connectivity index is 1.86. The van der Waals surface area contributed by atoms with E-state index in [1.54, 1.807) is 11.3 Å². The van der Waals surface area contributed by atoms with Crippen LogP contribution in [-0.2, 0) is 4.79 Å². The van der Waals surface area contributed by atoms with Crippen LogP contribution in [-0.4, -0.2) is 17.4 Å². The molecule has 4 nitrogen and oxygen atoms in total. The minimum atomic E-state index is 0.0595. The molecule has 1 aromatic heterocycles. The summed E-state index contributed by atoms with van der Waals surface area (Å²) in [4.78, 5) is 16.2. The molecule has 0 unspecified atom stereocenters. The van der Waals surface area contributed by atoms with Gasteiger partial charge >= 0.3 is 0 Å². The predicted molar refractivity (Wildman–Crippen MR) is 88.4 cm³/mol. The lowest BCUT2D eigenvalue weighted by atomic mass is 10.1.